The third-order valence-corrected chi connectivity index (χ3v) is 4.12. The second kappa shape index (κ2) is 14.9. The van der Waals surface area contributed by atoms with Crippen LogP contribution in [0.5, 0.6) is 11.5 Å². The van der Waals surface area contributed by atoms with Crippen molar-refractivity contribution in [1.82, 2.24) is 10.6 Å². The van der Waals surface area contributed by atoms with Crippen molar-refractivity contribution < 1.29 is 14.2 Å². The standard InChI is InChI=1S/C22H31N3O3.HI/c1-4-23-22(24-14-13-19-7-5-6-8-21(19)27-3)25-17-18-9-11-20(12-10-18)28-16-15-26-2;/h5-12H,4,13-17H2,1-3H3,(H2,23,24,25);1H. The van der Waals surface area contributed by atoms with Crippen LogP contribution in [0.2, 0.25) is 0 Å². The van der Waals surface area contributed by atoms with E-state index in [2.05, 4.69) is 28.6 Å². The normalized spacial score (nSPS) is 10.8. The summed E-state index contributed by atoms with van der Waals surface area (Å²) in [6.45, 7) is 5.38. The van der Waals surface area contributed by atoms with Crippen LogP contribution in [0.1, 0.15) is 18.1 Å². The maximum atomic E-state index is 5.58. The fourth-order valence-corrected chi connectivity index (χ4v) is 2.67. The second-order valence-corrected chi connectivity index (χ2v) is 6.17. The average molecular weight is 513 g/mol. The van der Waals surface area contributed by atoms with Crippen LogP contribution in [-0.2, 0) is 17.7 Å². The molecule has 2 aromatic carbocycles. The number of para-hydroxylation sites is 1. The molecule has 2 N–H and O–H groups in total. The summed E-state index contributed by atoms with van der Waals surface area (Å²) in [6.07, 6.45) is 0.863. The van der Waals surface area contributed by atoms with Crippen LogP contribution >= 0.6 is 24.0 Å². The highest BCUT2D eigenvalue weighted by Gasteiger charge is 2.03. The van der Waals surface area contributed by atoms with Crippen molar-refractivity contribution in [1.29, 1.82) is 0 Å². The number of nitrogens with zero attached hydrogens (tertiary/aromatic N) is 1. The Bertz CT molecular complexity index is 723. The number of rotatable bonds is 11. The predicted octanol–water partition coefficient (Wildman–Crippen LogP) is 3.64. The minimum Gasteiger partial charge on any atom is -0.496 e. The molecule has 0 aromatic heterocycles. The Morgan fingerprint density at radius 1 is 0.966 bits per heavy atom. The first kappa shape index (κ1) is 25.0. The number of benzene rings is 2. The van der Waals surface area contributed by atoms with Crippen molar-refractivity contribution in [3.05, 3.63) is 59.7 Å². The number of hydrogen-bond acceptors (Lipinski definition) is 4. The lowest BCUT2D eigenvalue weighted by Crippen LogP contribution is -2.38. The summed E-state index contributed by atoms with van der Waals surface area (Å²) in [5, 5.41) is 6.66. The Morgan fingerprint density at radius 2 is 1.72 bits per heavy atom. The molecule has 0 saturated heterocycles. The van der Waals surface area contributed by atoms with Gasteiger partial charge in [-0.1, -0.05) is 30.3 Å². The number of halogens is 1. The van der Waals surface area contributed by atoms with Crippen LogP contribution in [-0.4, -0.2) is 46.5 Å². The molecule has 2 rings (SSSR count). The zero-order valence-electron chi connectivity index (χ0n) is 17.4. The molecule has 6 nitrogen and oxygen atoms in total. The van der Waals surface area contributed by atoms with Gasteiger partial charge in [0.25, 0.3) is 0 Å². The van der Waals surface area contributed by atoms with Gasteiger partial charge in [0.1, 0.15) is 18.1 Å². The van der Waals surface area contributed by atoms with Gasteiger partial charge >= 0.3 is 0 Å². The van der Waals surface area contributed by atoms with Gasteiger partial charge in [-0.3, -0.25) is 0 Å². The molecular weight excluding hydrogens is 481 g/mol. The molecule has 0 heterocycles. The number of hydrogen-bond donors (Lipinski definition) is 2. The van der Waals surface area contributed by atoms with Crippen molar-refractivity contribution in [2.24, 2.45) is 4.99 Å². The fourth-order valence-electron chi connectivity index (χ4n) is 2.67. The van der Waals surface area contributed by atoms with Crippen LogP contribution in [0.4, 0.5) is 0 Å². The molecule has 2 aromatic rings. The SMILES string of the molecule is CCNC(=NCc1ccc(OCCOC)cc1)NCCc1ccccc1OC.I. The second-order valence-electron chi connectivity index (χ2n) is 6.17. The largest absolute Gasteiger partial charge is 0.496 e. The number of methoxy groups -OCH3 is 2. The summed E-state index contributed by atoms with van der Waals surface area (Å²) in [5.41, 5.74) is 2.30. The van der Waals surface area contributed by atoms with Crippen LogP contribution in [0.25, 0.3) is 0 Å². The molecule has 0 radical (unpaired) electrons. The summed E-state index contributed by atoms with van der Waals surface area (Å²) in [4.78, 5) is 4.66. The van der Waals surface area contributed by atoms with Crippen molar-refractivity contribution in [3.63, 3.8) is 0 Å². The van der Waals surface area contributed by atoms with Crippen LogP contribution in [0, 0.1) is 0 Å². The highest BCUT2D eigenvalue weighted by molar-refractivity contribution is 14.0. The van der Waals surface area contributed by atoms with Gasteiger partial charge in [0.05, 0.1) is 20.3 Å². The summed E-state index contributed by atoms with van der Waals surface area (Å²) in [7, 11) is 3.36. The molecule has 0 spiro atoms. The molecule has 29 heavy (non-hydrogen) atoms. The molecule has 0 aliphatic rings. The lowest BCUT2D eigenvalue weighted by molar-refractivity contribution is 0.146. The van der Waals surface area contributed by atoms with E-state index in [9.17, 15) is 0 Å². The highest BCUT2D eigenvalue weighted by Crippen LogP contribution is 2.17. The molecular formula is C22H32IN3O3. The fraction of sp³-hybridized carbons (Fsp3) is 0.409. The Balaban J connectivity index is 0.00000420. The Kier molecular flexibility index (Phi) is 12.9. The lowest BCUT2D eigenvalue weighted by Gasteiger charge is -2.13. The molecule has 0 atom stereocenters. The third kappa shape index (κ3) is 9.36. The van der Waals surface area contributed by atoms with Crippen molar-refractivity contribution in [3.8, 4) is 11.5 Å². The minimum absolute atomic E-state index is 0. The first-order valence-corrected chi connectivity index (χ1v) is 9.61. The Morgan fingerprint density at radius 3 is 2.41 bits per heavy atom. The van der Waals surface area contributed by atoms with Crippen LogP contribution < -0.4 is 20.1 Å². The molecule has 0 bridgehead atoms. The topological polar surface area (TPSA) is 64.1 Å². The summed E-state index contributed by atoms with van der Waals surface area (Å²) < 4.78 is 16.0. The summed E-state index contributed by atoms with van der Waals surface area (Å²) in [5.74, 6) is 2.56. The minimum atomic E-state index is 0. The van der Waals surface area contributed by atoms with Gasteiger partial charge in [0.2, 0.25) is 0 Å². The van der Waals surface area contributed by atoms with Crippen molar-refractivity contribution >= 4 is 29.9 Å². The Hall–Kier alpha value is -2.00. The maximum absolute atomic E-state index is 5.58. The molecule has 160 valence electrons. The van der Waals surface area contributed by atoms with Gasteiger partial charge < -0.3 is 24.8 Å². The van der Waals surface area contributed by atoms with Gasteiger partial charge in [-0.15, -0.1) is 24.0 Å². The van der Waals surface area contributed by atoms with E-state index in [0.29, 0.717) is 19.8 Å². The molecule has 0 aliphatic carbocycles. The van der Waals surface area contributed by atoms with Gasteiger partial charge in [-0.25, -0.2) is 4.99 Å². The van der Waals surface area contributed by atoms with E-state index in [1.807, 2.05) is 42.5 Å². The van der Waals surface area contributed by atoms with Gasteiger partial charge in [-0.05, 0) is 42.7 Å². The molecule has 0 amide bonds. The van der Waals surface area contributed by atoms with Crippen molar-refractivity contribution in [2.45, 2.75) is 19.9 Å². The lowest BCUT2D eigenvalue weighted by atomic mass is 10.1. The maximum Gasteiger partial charge on any atom is 0.191 e. The zero-order valence-corrected chi connectivity index (χ0v) is 19.8. The number of nitrogens with one attached hydrogen (secondary N) is 2. The highest BCUT2D eigenvalue weighted by atomic mass is 127. The van der Waals surface area contributed by atoms with Gasteiger partial charge in [-0.2, -0.15) is 0 Å². The zero-order chi connectivity index (χ0) is 20.0. The number of guanidine groups is 1. The van der Waals surface area contributed by atoms with Crippen LogP contribution in [0.15, 0.2) is 53.5 Å². The third-order valence-electron chi connectivity index (χ3n) is 4.12. The molecule has 0 saturated carbocycles. The predicted molar refractivity (Wildman–Crippen MR) is 129 cm³/mol. The van der Waals surface area contributed by atoms with E-state index in [4.69, 9.17) is 14.2 Å². The monoisotopic (exact) mass is 513 g/mol. The Labute approximate surface area is 191 Å². The van der Waals surface area contributed by atoms with E-state index in [1.165, 1.54) is 5.56 Å². The summed E-state index contributed by atoms with van der Waals surface area (Å²) >= 11 is 0. The quantitative estimate of drug-likeness (QED) is 0.208. The van der Waals surface area contributed by atoms with Gasteiger partial charge in [0.15, 0.2) is 5.96 Å². The van der Waals surface area contributed by atoms with E-state index >= 15 is 0 Å². The van der Waals surface area contributed by atoms with Crippen LogP contribution in [0.3, 0.4) is 0 Å². The molecule has 0 unspecified atom stereocenters. The molecule has 0 aliphatic heterocycles. The van der Waals surface area contributed by atoms with Gasteiger partial charge in [0, 0.05) is 20.2 Å². The first-order chi connectivity index (χ1) is 13.8. The van der Waals surface area contributed by atoms with Crippen molar-refractivity contribution in [2.75, 3.05) is 40.5 Å². The molecule has 7 heteroatoms. The van der Waals surface area contributed by atoms with E-state index in [1.54, 1.807) is 14.2 Å². The number of ether oxygens (including phenoxy) is 3. The average Bonchev–Trinajstić information content (AvgIpc) is 2.73. The smallest absolute Gasteiger partial charge is 0.191 e. The number of aliphatic imine (C=N–C) groups is 1. The van der Waals surface area contributed by atoms with E-state index < -0.39 is 0 Å². The van der Waals surface area contributed by atoms with E-state index in [-0.39, 0.29) is 24.0 Å². The molecule has 0 fully saturated rings. The first-order valence-electron chi connectivity index (χ1n) is 9.61. The van der Waals surface area contributed by atoms with E-state index in [0.717, 1.165) is 42.5 Å². The summed E-state index contributed by atoms with van der Waals surface area (Å²) in [6, 6.07) is 16.1.